The molecule has 0 saturated heterocycles. The molecular weight excluding hydrogens is 291 g/mol. The molecule has 1 aromatic carbocycles. The summed E-state index contributed by atoms with van der Waals surface area (Å²) in [5.41, 5.74) is 1.68. The minimum Gasteiger partial charge on any atom is -0.495 e. The van der Waals surface area contributed by atoms with Gasteiger partial charge in [-0.3, -0.25) is 0 Å². The maximum Gasteiger partial charge on any atom is 0.137 e. The van der Waals surface area contributed by atoms with Crippen LogP contribution < -0.4 is 4.74 Å². The highest BCUT2D eigenvalue weighted by Crippen LogP contribution is 2.37. The number of thiophene rings is 1. The Morgan fingerprint density at radius 3 is 2.61 bits per heavy atom. The molecule has 0 amide bonds. The van der Waals surface area contributed by atoms with Crippen molar-refractivity contribution < 1.29 is 9.84 Å². The number of methoxy groups -OCH3 is 1. The molecule has 5 heteroatoms. The molecule has 1 aromatic heterocycles. The van der Waals surface area contributed by atoms with Crippen molar-refractivity contribution in [3.63, 3.8) is 0 Å². The van der Waals surface area contributed by atoms with Crippen LogP contribution in [-0.4, -0.2) is 12.2 Å². The van der Waals surface area contributed by atoms with Crippen molar-refractivity contribution in [2.45, 2.75) is 13.0 Å². The molecule has 2 aromatic rings. The maximum absolute atomic E-state index is 10.3. The first-order valence-electron chi connectivity index (χ1n) is 5.29. The van der Waals surface area contributed by atoms with E-state index in [4.69, 9.17) is 27.9 Å². The largest absolute Gasteiger partial charge is 0.495 e. The summed E-state index contributed by atoms with van der Waals surface area (Å²) >= 11 is 13.5. The zero-order valence-electron chi connectivity index (χ0n) is 9.91. The number of hydrogen-bond donors (Lipinski definition) is 1. The smallest absolute Gasteiger partial charge is 0.137 e. The third-order valence-electron chi connectivity index (χ3n) is 2.66. The average Bonchev–Trinajstić information content (AvgIpc) is 2.70. The van der Waals surface area contributed by atoms with Crippen LogP contribution in [-0.2, 0) is 0 Å². The van der Waals surface area contributed by atoms with E-state index >= 15 is 0 Å². The van der Waals surface area contributed by atoms with Crippen molar-refractivity contribution in [2.75, 3.05) is 7.11 Å². The van der Waals surface area contributed by atoms with Gasteiger partial charge >= 0.3 is 0 Å². The fourth-order valence-electron chi connectivity index (χ4n) is 1.63. The second-order valence-corrected chi connectivity index (χ2v) is 5.59. The number of ether oxygens (including phenoxy) is 1. The minimum atomic E-state index is -0.762. The predicted molar refractivity (Wildman–Crippen MR) is 76.1 cm³/mol. The molecule has 18 heavy (non-hydrogen) atoms. The fraction of sp³-hybridized carbons (Fsp3) is 0.231. The molecule has 1 atom stereocenters. The lowest BCUT2D eigenvalue weighted by molar-refractivity contribution is 0.223. The molecule has 0 aliphatic rings. The summed E-state index contributed by atoms with van der Waals surface area (Å²) in [5.74, 6) is 0.539. The van der Waals surface area contributed by atoms with Crippen LogP contribution in [0.3, 0.4) is 0 Å². The van der Waals surface area contributed by atoms with E-state index < -0.39 is 6.10 Å². The Hall–Kier alpha value is -0.740. The zero-order valence-corrected chi connectivity index (χ0v) is 12.2. The molecule has 0 aliphatic carbocycles. The summed E-state index contributed by atoms with van der Waals surface area (Å²) in [4.78, 5) is 0.735. The first kappa shape index (κ1) is 13.7. The number of halogens is 2. The van der Waals surface area contributed by atoms with Gasteiger partial charge in [-0.15, -0.1) is 11.3 Å². The van der Waals surface area contributed by atoms with Gasteiger partial charge in [-0.05, 0) is 35.6 Å². The first-order valence-corrected chi connectivity index (χ1v) is 6.93. The van der Waals surface area contributed by atoms with Crippen molar-refractivity contribution in [3.8, 4) is 5.75 Å². The van der Waals surface area contributed by atoms with E-state index in [1.807, 2.05) is 12.3 Å². The number of benzene rings is 1. The number of hydrogen-bond acceptors (Lipinski definition) is 3. The van der Waals surface area contributed by atoms with Crippen LogP contribution in [0.25, 0.3) is 0 Å². The van der Waals surface area contributed by atoms with E-state index in [0.29, 0.717) is 21.4 Å². The summed E-state index contributed by atoms with van der Waals surface area (Å²) in [6.07, 6.45) is -0.762. The van der Waals surface area contributed by atoms with Crippen LogP contribution in [0.2, 0.25) is 10.0 Å². The second kappa shape index (κ2) is 5.49. The molecule has 1 N–H and O–H groups in total. The van der Waals surface area contributed by atoms with Crippen molar-refractivity contribution in [1.82, 2.24) is 0 Å². The Bertz CT molecular complexity index is 566. The van der Waals surface area contributed by atoms with Gasteiger partial charge in [0.1, 0.15) is 11.9 Å². The Balaban J connectivity index is 2.40. The molecule has 1 heterocycles. The van der Waals surface area contributed by atoms with Gasteiger partial charge in [0.15, 0.2) is 0 Å². The van der Waals surface area contributed by atoms with Crippen molar-refractivity contribution >= 4 is 34.5 Å². The molecule has 0 radical (unpaired) electrons. The summed E-state index contributed by atoms with van der Waals surface area (Å²) in [6, 6.07) is 5.19. The lowest BCUT2D eigenvalue weighted by Gasteiger charge is -2.12. The average molecular weight is 303 g/mol. The zero-order chi connectivity index (χ0) is 13.3. The quantitative estimate of drug-likeness (QED) is 0.907. The molecule has 96 valence electrons. The van der Waals surface area contributed by atoms with Gasteiger partial charge in [-0.1, -0.05) is 29.3 Å². The normalized spacial score (nSPS) is 12.5. The lowest BCUT2D eigenvalue weighted by atomic mass is 10.1. The topological polar surface area (TPSA) is 29.5 Å². The molecule has 0 fully saturated rings. The van der Waals surface area contributed by atoms with Gasteiger partial charge in [-0.25, -0.2) is 0 Å². The van der Waals surface area contributed by atoms with Gasteiger partial charge in [0.25, 0.3) is 0 Å². The molecule has 0 aliphatic heterocycles. The second-order valence-electron chi connectivity index (χ2n) is 3.89. The highest BCUT2D eigenvalue weighted by molar-refractivity contribution is 7.10. The Labute approximate surface area is 120 Å². The van der Waals surface area contributed by atoms with E-state index in [9.17, 15) is 5.11 Å². The Kier molecular flexibility index (Phi) is 4.17. The molecular formula is C13H12Cl2O2S. The lowest BCUT2D eigenvalue weighted by Crippen LogP contribution is -1.98. The number of rotatable bonds is 3. The van der Waals surface area contributed by atoms with E-state index in [0.717, 1.165) is 10.4 Å². The van der Waals surface area contributed by atoms with Crippen molar-refractivity contribution in [1.29, 1.82) is 0 Å². The number of aryl methyl sites for hydroxylation is 1. The summed E-state index contributed by atoms with van der Waals surface area (Å²) in [6.45, 7) is 1.91. The van der Waals surface area contributed by atoms with Crippen LogP contribution in [0.5, 0.6) is 5.75 Å². The van der Waals surface area contributed by atoms with Gasteiger partial charge in [0, 0.05) is 0 Å². The fourth-order valence-corrected chi connectivity index (χ4v) is 3.13. The predicted octanol–water partition coefficient (Wildman–Crippen LogP) is 4.45. The van der Waals surface area contributed by atoms with Crippen molar-refractivity contribution in [2.24, 2.45) is 0 Å². The molecule has 2 rings (SSSR count). The maximum atomic E-state index is 10.3. The highest BCUT2D eigenvalue weighted by Gasteiger charge is 2.18. The monoisotopic (exact) mass is 302 g/mol. The van der Waals surface area contributed by atoms with E-state index in [-0.39, 0.29) is 0 Å². The van der Waals surface area contributed by atoms with Crippen LogP contribution in [0.15, 0.2) is 23.6 Å². The van der Waals surface area contributed by atoms with E-state index in [2.05, 4.69) is 0 Å². The minimum absolute atomic E-state index is 0.516. The Morgan fingerprint density at radius 1 is 1.33 bits per heavy atom. The number of aliphatic hydroxyl groups excluding tert-OH is 1. The first-order chi connectivity index (χ1) is 8.54. The van der Waals surface area contributed by atoms with E-state index in [1.165, 1.54) is 11.3 Å². The number of aliphatic hydroxyl groups is 1. The van der Waals surface area contributed by atoms with Gasteiger partial charge in [0.2, 0.25) is 0 Å². The molecule has 0 bridgehead atoms. The third-order valence-corrected chi connectivity index (χ3v) is 4.74. The molecule has 0 spiro atoms. The van der Waals surface area contributed by atoms with Crippen LogP contribution in [0, 0.1) is 6.92 Å². The summed E-state index contributed by atoms with van der Waals surface area (Å²) in [7, 11) is 1.54. The van der Waals surface area contributed by atoms with Crippen LogP contribution in [0.4, 0.5) is 0 Å². The van der Waals surface area contributed by atoms with Gasteiger partial charge in [0.05, 0.1) is 22.0 Å². The third kappa shape index (κ3) is 2.50. The van der Waals surface area contributed by atoms with Gasteiger partial charge < -0.3 is 9.84 Å². The van der Waals surface area contributed by atoms with E-state index in [1.54, 1.807) is 25.3 Å². The van der Waals surface area contributed by atoms with Crippen LogP contribution in [0.1, 0.15) is 22.1 Å². The highest BCUT2D eigenvalue weighted by atomic mass is 35.5. The SMILES string of the molecule is COc1cc(C(O)c2scc(C)c2Cl)ccc1Cl. The molecule has 2 nitrogen and oxygen atoms in total. The van der Waals surface area contributed by atoms with Crippen molar-refractivity contribution in [3.05, 3.63) is 49.6 Å². The summed E-state index contributed by atoms with van der Waals surface area (Å²) in [5, 5.41) is 13.4. The standard InChI is InChI=1S/C13H12Cl2O2S/c1-7-6-18-13(11(7)15)12(16)8-3-4-9(14)10(5-8)17-2/h3-6,12,16H,1-2H3. The Morgan fingerprint density at radius 2 is 2.06 bits per heavy atom. The summed E-state index contributed by atoms with van der Waals surface area (Å²) < 4.78 is 5.13. The molecule has 0 saturated carbocycles. The van der Waals surface area contributed by atoms with Crippen LogP contribution >= 0.6 is 34.5 Å². The van der Waals surface area contributed by atoms with Gasteiger partial charge in [-0.2, -0.15) is 0 Å². The molecule has 1 unspecified atom stereocenters.